The zero-order valence-electron chi connectivity index (χ0n) is 9.74. The van der Waals surface area contributed by atoms with Crippen molar-refractivity contribution in [2.24, 2.45) is 0 Å². The van der Waals surface area contributed by atoms with Gasteiger partial charge >= 0.3 is 0 Å². The Morgan fingerprint density at radius 1 is 0.882 bits per heavy atom. The van der Waals surface area contributed by atoms with Gasteiger partial charge in [-0.3, -0.25) is 0 Å². The van der Waals surface area contributed by atoms with Gasteiger partial charge in [0, 0.05) is 17.2 Å². The lowest BCUT2D eigenvalue weighted by atomic mass is 10.0. The van der Waals surface area contributed by atoms with E-state index in [-0.39, 0.29) is 5.82 Å². The first-order valence-electron chi connectivity index (χ1n) is 5.23. The maximum Gasteiger partial charge on any atom is 0.131 e. The molecular formula is C14H13FO2. The van der Waals surface area contributed by atoms with Crippen molar-refractivity contribution in [1.82, 2.24) is 0 Å². The summed E-state index contributed by atoms with van der Waals surface area (Å²) in [4.78, 5) is 0. The molecular weight excluding hydrogens is 219 g/mol. The van der Waals surface area contributed by atoms with Gasteiger partial charge in [-0.15, -0.1) is 0 Å². The van der Waals surface area contributed by atoms with Gasteiger partial charge in [0.05, 0.1) is 14.2 Å². The molecule has 0 amide bonds. The number of hydrogen-bond donors (Lipinski definition) is 0. The molecule has 0 saturated heterocycles. The normalized spacial score (nSPS) is 10.1. The molecule has 0 spiro atoms. The lowest BCUT2D eigenvalue weighted by molar-refractivity contribution is 0.395. The van der Waals surface area contributed by atoms with Crippen LogP contribution < -0.4 is 9.47 Å². The van der Waals surface area contributed by atoms with Crippen LogP contribution in [0.5, 0.6) is 11.5 Å². The van der Waals surface area contributed by atoms with Gasteiger partial charge in [-0.25, -0.2) is 4.39 Å². The molecule has 0 N–H and O–H groups in total. The molecule has 88 valence electrons. The third-order valence-electron chi connectivity index (χ3n) is 2.57. The van der Waals surface area contributed by atoms with Crippen molar-refractivity contribution in [3.8, 4) is 22.6 Å². The number of ether oxygens (including phenoxy) is 2. The molecule has 17 heavy (non-hydrogen) atoms. The van der Waals surface area contributed by atoms with E-state index < -0.39 is 0 Å². The van der Waals surface area contributed by atoms with Gasteiger partial charge in [0.25, 0.3) is 0 Å². The Morgan fingerprint density at radius 2 is 1.65 bits per heavy atom. The highest BCUT2D eigenvalue weighted by atomic mass is 19.1. The van der Waals surface area contributed by atoms with Crippen molar-refractivity contribution in [3.05, 3.63) is 48.3 Å². The van der Waals surface area contributed by atoms with Crippen molar-refractivity contribution in [1.29, 1.82) is 0 Å². The summed E-state index contributed by atoms with van der Waals surface area (Å²) in [5.74, 6) is 1.01. The van der Waals surface area contributed by atoms with Gasteiger partial charge in [-0.05, 0) is 18.2 Å². The van der Waals surface area contributed by atoms with Gasteiger partial charge in [-0.1, -0.05) is 18.2 Å². The van der Waals surface area contributed by atoms with Crippen molar-refractivity contribution >= 4 is 0 Å². The second kappa shape index (κ2) is 4.87. The maximum atomic E-state index is 13.7. The third-order valence-corrected chi connectivity index (χ3v) is 2.57. The molecule has 2 aromatic rings. The predicted octanol–water partition coefficient (Wildman–Crippen LogP) is 3.51. The molecule has 0 fully saturated rings. The topological polar surface area (TPSA) is 18.5 Å². The van der Waals surface area contributed by atoms with Crippen molar-refractivity contribution in [2.45, 2.75) is 0 Å². The second-order valence-corrected chi connectivity index (χ2v) is 3.55. The number of rotatable bonds is 3. The molecule has 0 saturated carbocycles. The average Bonchev–Trinajstić information content (AvgIpc) is 2.38. The smallest absolute Gasteiger partial charge is 0.131 e. The highest BCUT2D eigenvalue weighted by Gasteiger charge is 2.10. The Kier molecular flexibility index (Phi) is 3.28. The van der Waals surface area contributed by atoms with Gasteiger partial charge in [-0.2, -0.15) is 0 Å². The quantitative estimate of drug-likeness (QED) is 0.806. The average molecular weight is 232 g/mol. The molecule has 0 bridgehead atoms. The molecule has 0 unspecified atom stereocenters. The first-order valence-corrected chi connectivity index (χ1v) is 5.23. The van der Waals surface area contributed by atoms with Crippen molar-refractivity contribution in [2.75, 3.05) is 14.2 Å². The minimum atomic E-state index is -0.268. The SMILES string of the molecule is COc1ccc(-c2ccccc2F)c(OC)c1. The number of halogens is 1. The molecule has 2 rings (SSSR count). The number of hydrogen-bond acceptors (Lipinski definition) is 2. The van der Waals surface area contributed by atoms with Gasteiger partial charge in [0.1, 0.15) is 17.3 Å². The molecule has 2 aromatic carbocycles. The Balaban J connectivity index is 2.56. The van der Waals surface area contributed by atoms with Crippen LogP contribution in [0.1, 0.15) is 0 Å². The first kappa shape index (κ1) is 11.5. The molecule has 0 aliphatic carbocycles. The van der Waals surface area contributed by atoms with Gasteiger partial charge in [0.2, 0.25) is 0 Å². The van der Waals surface area contributed by atoms with Crippen LogP contribution in [0.25, 0.3) is 11.1 Å². The van der Waals surface area contributed by atoms with Crippen LogP contribution in [0.2, 0.25) is 0 Å². The van der Waals surface area contributed by atoms with E-state index in [0.29, 0.717) is 22.6 Å². The molecule has 0 aliphatic rings. The molecule has 0 radical (unpaired) electrons. The summed E-state index contributed by atoms with van der Waals surface area (Å²) in [5, 5.41) is 0. The fourth-order valence-electron chi connectivity index (χ4n) is 1.70. The van der Waals surface area contributed by atoms with Crippen LogP contribution in [-0.2, 0) is 0 Å². The van der Waals surface area contributed by atoms with Crippen LogP contribution in [0.15, 0.2) is 42.5 Å². The summed E-state index contributed by atoms with van der Waals surface area (Å²) in [7, 11) is 3.14. The van der Waals surface area contributed by atoms with Crippen LogP contribution in [0.4, 0.5) is 4.39 Å². The standard InChI is InChI=1S/C14H13FO2/c1-16-10-7-8-12(14(9-10)17-2)11-5-3-4-6-13(11)15/h3-9H,1-2H3. The lowest BCUT2D eigenvalue weighted by Gasteiger charge is -2.11. The van der Waals surface area contributed by atoms with E-state index in [0.717, 1.165) is 0 Å². The Bertz CT molecular complexity index is 523. The largest absolute Gasteiger partial charge is 0.497 e. The van der Waals surface area contributed by atoms with E-state index in [1.807, 2.05) is 0 Å². The highest BCUT2D eigenvalue weighted by molar-refractivity contribution is 5.72. The fourth-order valence-corrected chi connectivity index (χ4v) is 1.70. The van der Waals surface area contributed by atoms with E-state index in [9.17, 15) is 4.39 Å². The maximum absolute atomic E-state index is 13.7. The Labute approximate surface area is 99.6 Å². The molecule has 0 aromatic heterocycles. The molecule has 0 atom stereocenters. The van der Waals surface area contributed by atoms with Crippen molar-refractivity contribution < 1.29 is 13.9 Å². The van der Waals surface area contributed by atoms with E-state index in [1.54, 1.807) is 50.6 Å². The minimum absolute atomic E-state index is 0.268. The third kappa shape index (κ3) is 2.23. The predicted molar refractivity (Wildman–Crippen MR) is 64.9 cm³/mol. The van der Waals surface area contributed by atoms with Gasteiger partial charge in [0.15, 0.2) is 0 Å². The summed E-state index contributed by atoms with van der Waals surface area (Å²) in [6.45, 7) is 0. The molecule has 2 nitrogen and oxygen atoms in total. The summed E-state index contributed by atoms with van der Waals surface area (Å²) in [6.07, 6.45) is 0. The Morgan fingerprint density at radius 3 is 2.29 bits per heavy atom. The fraction of sp³-hybridized carbons (Fsp3) is 0.143. The lowest BCUT2D eigenvalue weighted by Crippen LogP contribution is -1.92. The summed E-state index contributed by atoms with van der Waals surface area (Å²) in [5.41, 5.74) is 1.23. The summed E-state index contributed by atoms with van der Waals surface area (Å²) in [6, 6.07) is 11.9. The summed E-state index contributed by atoms with van der Waals surface area (Å²) >= 11 is 0. The van der Waals surface area contributed by atoms with Crippen LogP contribution in [-0.4, -0.2) is 14.2 Å². The molecule has 0 heterocycles. The number of benzene rings is 2. The van der Waals surface area contributed by atoms with Crippen LogP contribution in [0.3, 0.4) is 0 Å². The van der Waals surface area contributed by atoms with E-state index in [4.69, 9.17) is 9.47 Å². The zero-order valence-corrected chi connectivity index (χ0v) is 9.74. The first-order chi connectivity index (χ1) is 8.26. The summed E-state index contributed by atoms with van der Waals surface area (Å²) < 4.78 is 24.0. The Hall–Kier alpha value is -2.03. The van der Waals surface area contributed by atoms with E-state index >= 15 is 0 Å². The van der Waals surface area contributed by atoms with Crippen LogP contribution in [0, 0.1) is 5.82 Å². The highest BCUT2D eigenvalue weighted by Crippen LogP contribution is 2.34. The minimum Gasteiger partial charge on any atom is -0.497 e. The van der Waals surface area contributed by atoms with Gasteiger partial charge < -0.3 is 9.47 Å². The zero-order chi connectivity index (χ0) is 12.3. The van der Waals surface area contributed by atoms with E-state index in [2.05, 4.69) is 0 Å². The second-order valence-electron chi connectivity index (χ2n) is 3.55. The van der Waals surface area contributed by atoms with Crippen LogP contribution >= 0.6 is 0 Å². The monoisotopic (exact) mass is 232 g/mol. The number of methoxy groups -OCH3 is 2. The van der Waals surface area contributed by atoms with E-state index in [1.165, 1.54) is 6.07 Å². The molecule has 3 heteroatoms. The molecule has 0 aliphatic heterocycles. The van der Waals surface area contributed by atoms with Crippen molar-refractivity contribution in [3.63, 3.8) is 0 Å².